The van der Waals surface area contributed by atoms with Crippen molar-refractivity contribution in [2.45, 2.75) is 25.9 Å². The molecule has 2 aliphatic carbocycles. The molecule has 2 bridgehead atoms. The Hall–Kier alpha value is -2.54. The molecular formula is C31H19Cl7N2O7S. The molecule has 1 saturated carbocycles. The van der Waals surface area contributed by atoms with Gasteiger partial charge in [0.1, 0.15) is 26.9 Å². The first kappa shape index (κ1) is 35.3. The van der Waals surface area contributed by atoms with Crippen molar-refractivity contribution in [2.24, 2.45) is 11.8 Å². The molecule has 3 aromatic rings. The van der Waals surface area contributed by atoms with Crippen LogP contribution in [0.5, 0.6) is 5.75 Å². The van der Waals surface area contributed by atoms with E-state index in [1.165, 1.54) is 60.7 Å². The number of ketones is 1. The Bertz CT molecular complexity index is 1990. The smallest absolute Gasteiger partial charge is 0.339 e. The Morgan fingerprint density at radius 1 is 0.771 bits per heavy atom. The van der Waals surface area contributed by atoms with Crippen molar-refractivity contribution in [1.29, 1.82) is 0 Å². The summed E-state index contributed by atoms with van der Waals surface area (Å²) in [6.07, 6.45) is 0. The highest BCUT2D eigenvalue weighted by Gasteiger charge is 2.88. The second-order valence-electron chi connectivity index (χ2n) is 11.2. The number of hydrogen-bond donors (Lipinski definition) is 0. The molecule has 0 unspecified atom stereocenters. The molecule has 6 rings (SSSR count). The number of aryl methyl sites for hydroxylation is 1. The topological polar surface area (TPSA) is 118 Å². The van der Waals surface area contributed by atoms with E-state index >= 15 is 0 Å². The lowest BCUT2D eigenvalue weighted by Gasteiger charge is -2.36. The van der Waals surface area contributed by atoms with Crippen molar-refractivity contribution in [2.75, 3.05) is 6.54 Å². The van der Waals surface area contributed by atoms with Gasteiger partial charge in [-0.05, 0) is 67.6 Å². The van der Waals surface area contributed by atoms with E-state index in [9.17, 15) is 27.6 Å². The number of carbonyl (C=O) groups is 4. The van der Waals surface area contributed by atoms with Crippen molar-refractivity contribution < 1.29 is 31.8 Å². The molecule has 3 aromatic carbocycles. The largest absolute Gasteiger partial charge is 0.379 e. The molecule has 3 aliphatic rings. The minimum Gasteiger partial charge on any atom is -0.379 e. The average molecular weight is 812 g/mol. The molecule has 250 valence electrons. The number of benzene rings is 3. The van der Waals surface area contributed by atoms with Gasteiger partial charge in [-0.25, -0.2) is 5.01 Å². The van der Waals surface area contributed by atoms with Gasteiger partial charge in [0.05, 0.1) is 21.9 Å². The Morgan fingerprint density at radius 3 is 1.75 bits per heavy atom. The minimum absolute atomic E-state index is 0.0146. The standard InChI is InChI=1S/C31H19Cl7N2O7S/c1-15-2-12-20(13-3-15)48(45,46)47-19-10-6-16(7-11-19)21(41)14-39(26(42)17-4-8-18(32)9-5-17)40-27(43)22-23(28(40)44)30(36)25(34)24(33)29(22,35)31(30,37)38/h2-13,22-23H,14H2,1H3/t22-,23+,29-,30-/m1/s1. The summed E-state index contributed by atoms with van der Waals surface area (Å²) in [5, 5.41) is 0.769. The van der Waals surface area contributed by atoms with Crippen LogP contribution in [0, 0.1) is 18.8 Å². The van der Waals surface area contributed by atoms with Crippen molar-refractivity contribution >= 4 is 115 Å². The van der Waals surface area contributed by atoms with Crippen LogP contribution in [0.1, 0.15) is 26.3 Å². The van der Waals surface area contributed by atoms with E-state index in [-0.39, 0.29) is 31.8 Å². The van der Waals surface area contributed by atoms with Gasteiger partial charge in [0.25, 0.3) is 17.7 Å². The van der Waals surface area contributed by atoms with Crippen LogP contribution in [0.25, 0.3) is 0 Å². The van der Waals surface area contributed by atoms with Crippen LogP contribution in [0.4, 0.5) is 0 Å². The van der Waals surface area contributed by atoms with E-state index in [0.29, 0.717) is 15.0 Å². The third-order valence-electron chi connectivity index (χ3n) is 8.44. The molecule has 0 aromatic heterocycles. The first-order valence-corrected chi connectivity index (χ1v) is 17.8. The lowest BCUT2D eigenvalue weighted by molar-refractivity contribution is -0.154. The number of hydrazine groups is 1. The van der Waals surface area contributed by atoms with Crippen LogP contribution in [0.2, 0.25) is 5.02 Å². The predicted octanol–water partition coefficient (Wildman–Crippen LogP) is 7.10. The van der Waals surface area contributed by atoms with Gasteiger partial charge in [-0.2, -0.15) is 13.4 Å². The highest BCUT2D eigenvalue weighted by atomic mass is 35.5. The maximum Gasteiger partial charge on any atom is 0.339 e. The number of Topliss-reactive ketones (excluding diaryl/α,β-unsaturated/α-hetero) is 1. The van der Waals surface area contributed by atoms with E-state index in [0.717, 1.165) is 5.56 Å². The molecule has 9 nitrogen and oxygen atoms in total. The summed E-state index contributed by atoms with van der Waals surface area (Å²) >= 11 is 45.5. The Kier molecular flexibility index (Phi) is 8.86. The highest BCUT2D eigenvalue weighted by molar-refractivity contribution is 7.87. The Labute approximate surface area is 309 Å². The Morgan fingerprint density at radius 2 is 1.25 bits per heavy atom. The number of carbonyl (C=O) groups excluding carboxylic acids is 4. The third-order valence-corrected chi connectivity index (χ3v) is 14.2. The zero-order valence-corrected chi connectivity index (χ0v) is 30.2. The molecule has 17 heteroatoms. The van der Waals surface area contributed by atoms with Crippen LogP contribution in [-0.4, -0.2) is 62.6 Å². The second-order valence-corrected chi connectivity index (χ2v) is 16.5. The monoisotopic (exact) mass is 808 g/mol. The van der Waals surface area contributed by atoms with E-state index in [1.807, 2.05) is 0 Å². The van der Waals surface area contributed by atoms with Crippen molar-refractivity contribution in [3.8, 4) is 5.75 Å². The number of amides is 3. The molecule has 1 heterocycles. The molecular weight excluding hydrogens is 793 g/mol. The summed E-state index contributed by atoms with van der Waals surface area (Å²) in [6, 6.07) is 16.5. The Balaban J connectivity index is 1.31. The van der Waals surface area contributed by atoms with Crippen molar-refractivity contribution in [3.05, 3.63) is 105 Å². The quantitative estimate of drug-likeness (QED) is 0.103. The number of rotatable bonds is 8. The summed E-state index contributed by atoms with van der Waals surface area (Å²) in [4.78, 5) is 51.3. The van der Waals surface area contributed by atoms with Gasteiger partial charge in [-0.3, -0.25) is 19.2 Å². The fourth-order valence-electron chi connectivity index (χ4n) is 6.00. The fraction of sp³-hybridized carbons (Fsp3) is 0.226. The average Bonchev–Trinajstić information content (AvgIpc) is 3.42. The minimum atomic E-state index is -4.18. The van der Waals surface area contributed by atoms with Gasteiger partial charge in [0.2, 0.25) is 0 Å². The maximum absolute atomic E-state index is 14.1. The van der Waals surface area contributed by atoms with Gasteiger partial charge in [-0.15, -0.1) is 23.2 Å². The van der Waals surface area contributed by atoms with Crippen LogP contribution < -0.4 is 4.18 Å². The maximum atomic E-state index is 14.1. The molecule has 3 amide bonds. The summed E-state index contributed by atoms with van der Waals surface area (Å²) in [6.45, 7) is 0.962. The molecule has 48 heavy (non-hydrogen) atoms. The van der Waals surface area contributed by atoms with Gasteiger partial charge < -0.3 is 4.18 Å². The van der Waals surface area contributed by atoms with Crippen LogP contribution >= 0.6 is 81.2 Å². The van der Waals surface area contributed by atoms with Gasteiger partial charge in [0.15, 0.2) is 10.1 Å². The highest BCUT2D eigenvalue weighted by Crippen LogP contribution is 2.77. The van der Waals surface area contributed by atoms with E-state index in [4.69, 9.17) is 85.4 Å². The van der Waals surface area contributed by atoms with Crippen LogP contribution in [-0.2, 0) is 19.7 Å². The molecule has 0 N–H and O–H groups in total. The summed E-state index contributed by atoms with van der Waals surface area (Å²) in [5.41, 5.74) is 0.810. The van der Waals surface area contributed by atoms with Crippen LogP contribution in [0.3, 0.4) is 0 Å². The fourth-order valence-corrected chi connectivity index (χ4v) is 9.98. The molecule has 2 fully saturated rings. The first-order valence-electron chi connectivity index (χ1n) is 13.8. The zero-order valence-electron chi connectivity index (χ0n) is 24.1. The lowest BCUT2D eigenvalue weighted by Crippen LogP contribution is -2.56. The third kappa shape index (κ3) is 5.06. The number of halogens is 7. The lowest BCUT2D eigenvalue weighted by atomic mass is 9.84. The summed E-state index contributed by atoms with van der Waals surface area (Å²) < 4.78 is 28.4. The van der Waals surface area contributed by atoms with Crippen molar-refractivity contribution in [1.82, 2.24) is 10.0 Å². The number of allylic oxidation sites excluding steroid dienone is 2. The van der Waals surface area contributed by atoms with Crippen LogP contribution in [0.15, 0.2) is 87.8 Å². The van der Waals surface area contributed by atoms with Crippen molar-refractivity contribution in [3.63, 3.8) is 0 Å². The van der Waals surface area contributed by atoms with Gasteiger partial charge in [0, 0.05) is 16.1 Å². The molecule has 1 aliphatic heterocycles. The van der Waals surface area contributed by atoms with E-state index < -0.39 is 66.1 Å². The molecule has 1 saturated heterocycles. The summed E-state index contributed by atoms with van der Waals surface area (Å²) in [5.74, 6) is -6.98. The number of fused-ring (bicyclic) bond motifs is 5. The van der Waals surface area contributed by atoms with Gasteiger partial charge >= 0.3 is 10.1 Å². The molecule has 4 atom stereocenters. The van der Waals surface area contributed by atoms with Gasteiger partial charge in [-0.1, -0.05) is 75.7 Å². The number of hydrogen-bond acceptors (Lipinski definition) is 7. The second kappa shape index (κ2) is 12.1. The number of imide groups is 1. The SMILES string of the molecule is Cc1ccc(S(=O)(=O)Oc2ccc(C(=O)CN(C(=O)c3ccc(Cl)cc3)N3C(=O)[C@@H]4[C@H](C3=O)[C@@]3(Cl)C(Cl)=C(Cl)[C@@]4(Cl)C3(Cl)Cl)cc2)cc1. The summed E-state index contributed by atoms with van der Waals surface area (Å²) in [7, 11) is -4.18. The first-order chi connectivity index (χ1) is 22.4. The van der Waals surface area contributed by atoms with E-state index in [2.05, 4.69) is 0 Å². The molecule has 0 radical (unpaired) electrons. The number of nitrogens with zero attached hydrogens (tertiary/aromatic N) is 2. The number of alkyl halides is 4. The predicted molar refractivity (Wildman–Crippen MR) is 181 cm³/mol. The zero-order chi connectivity index (χ0) is 35.1. The molecule has 0 spiro atoms. The van der Waals surface area contributed by atoms with E-state index in [1.54, 1.807) is 19.1 Å². The normalized spacial score (nSPS) is 25.8.